The minimum absolute atomic E-state index is 0. The minimum Gasteiger partial charge on any atom is -0.399 e. The number of hydrogen-bond acceptors (Lipinski definition) is 5. The van der Waals surface area contributed by atoms with Gasteiger partial charge in [0.25, 0.3) is 5.91 Å². The Morgan fingerprint density at radius 2 is 1.93 bits per heavy atom. The van der Waals surface area contributed by atoms with Crippen molar-refractivity contribution in [1.29, 1.82) is 0 Å². The number of nitrogens with two attached hydrogens (primary N) is 1. The molecule has 0 aliphatic heterocycles. The van der Waals surface area contributed by atoms with Crippen molar-refractivity contribution in [2.75, 3.05) is 26.0 Å². The van der Waals surface area contributed by atoms with Gasteiger partial charge in [0.1, 0.15) is 0 Å². The summed E-state index contributed by atoms with van der Waals surface area (Å²) in [6.45, 7) is 2.50. The van der Waals surface area contributed by atoms with Crippen molar-refractivity contribution in [1.82, 2.24) is 10.0 Å². The number of amides is 1. The molecule has 0 unspecified atom stereocenters. The summed E-state index contributed by atoms with van der Waals surface area (Å²) >= 11 is 0. The Balaban J connectivity index is 0.00000364. The second-order valence-corrected chi connectivity index (χ2v) is 7.56. The first-order chi connectivity index (χ1) is 12.3. The van der Waals surface area contributed by atoms with Crippen molar-refractivity contribution in [3.8, 4) is 0 Å². The number of rotatable bonds is 8. The van der Waals surface area contributed by atoms with Crippen molar-refractivity contribution in [2.45, 2.75) is 18.4 Å². The molecule has 148 valence electrons. The topological polar surface area (TPSA) is 111 Å². The number of sulfonamides is 1. The number of carbonyl (C=O) groups excluding carboxylic acids is 1. The maximum absolute atomic E-state index is 12.3. The monoisotopic (exact) mass is 413 g/mol. The van der Waals surface area contributed by atoms with Gasteiger partial charge in [-0.05, 0) is 42.3 Å². The highest BCUT2D eigenvalue weighted by Crippen LogP contribution is 2.14. The van der Waals surface area contributed by atoms with Crippen LogP contribution in [0.2, 0.25) is 0 Å². The third kappa shape index (κ3) is 6.51. The lowest BCUT2D eigenvalue weighted by molar-refractivity contribution is 0.0950. The van der Waals surface area contributed by atoms with Crippen molar-refractivity contribution in [3.63, 3.8) is 0 Å². The van der Waals surface area contributed by atoms with E-state index in [2.05, 4.69) is 10.0 Å². The summed E-state index contributed by atoms with van der Waals surface area (Å²) < 4.78 is 31.8. The van der Waals surface area contributed by atoms with Gasteiger partial charge in [0.15, 0.2) is 0 Å². The minimum atomic E-state index is -3.62. The fraction of sp³-hybridized carbons (Fsp3) is 0.278. The van der Waals surface area contributed by atoms with Crippen LogP contribution in [0.5, 0.6) is 0 Å². The van der Waals surface area contributed by atoms with Gasteiger partial charge in [-0.3, -0.25) is 4.79 Å². The Morgan fingerprint density at radius 3 is 2.63 bits per heavy atom. The van der Waals surface area contributed by atoms with E-state index >= 15 is 0 Å². The van der Waals surface area contributed by atoms with Gasteiger partial charge < -0.3 is 15.8 Å². The maximum atomic E-state index is 12.3. The number of anilines is 1. The van der Waals surface area contributed by atoms with E-state index in [0.29, 0.717) is 16.8 Å². The molecule has 0 fully saturated rings. The van der Waals surface area contributed by atoms with Crippen LogP contribution in [-0.2, 0) is 21.3 Å². The molecular formula is C18H24ClN3O4S. The molecule has 0 atom stereocenters. The van der Waals surface area contributed by atoms with Gasteiger partial charge in [-0.15, -0.1) is 12.4 Å². The molecule has 0 bridgehead atoms. The molecule has 9 heteroatoms. The van der Waals surface area contributed by atoms with Gasteiger partial charge in [0.2, 0.25) is 10.0 Å². The molecule has 0 spiro atoms. The fourth-order valence-electron chi connectivity index (χ4n) is 2.35. The number of nitrogen functional groups attached to an aromatic ring is 1. The maximum Gasteiger partial charge on any atom is 0.251 e. The number of benzene rings is 2. The fourth-order valence-corrected chi connectivity index (χ4v) is 3.43. The zero-order valence-corrected chi connectivity index (χ0v) is 16.8. The molecule has 0 saturated carbocycles. The van der Waals surface area contributed by atoms with Crippen LogP contribution in [0.4, 0.5) is 5.69 Å². The molecule has 27 heavy (non-hydrogen) atoms. The Hall–Kier alpha value is -2.13. The van der Waals surface area contributed by atoms with Crippen LogP contribution in [0.3, 0.4) is 0 Å². The molecule has 0 aliphatic rings. The Morgan fingerprint density at radius 1 is 1.19 bits per heavy atom. The number of halogens is 1. The highest BCUT2D eigenvalue weighted by atomic mass is 35.5. The number of carbonyl (C=O) groups is 1. The zero-order valence-electron chi connectivity index (χ0n) is 15.2. The van der Waals surface area contributed by atoms with E-state index in [1.54, 1.807) is 30.3 Å². The second kappa shape index (κ2) is 10.3. The quantitative estimate of drug-likeness (QED) is 0.452. The molecule has 0 heterocycles. The van der Waals surface area contributed by atoms with Crippen LogP contribution >= 0.6 is 12.4 Å². The number of hydrogen-bond donors (Lipinski definition) is 3. The molecule has 4 N–H and O–H groups in total. The number of methoxy groups -OCH3 is 1. The Kier molecular flexibility index (Phi) is 8.71. The predicted octanol–water partition coefficient (Wildman–Crippen LogP) is 1.85. The SMILES string of the molecule is COCCNS(=O)(=O)c1cccc(CNC(=O)c2cc(N)ccc2C)c1.Cl. The van der Waals surface area contributed by atoms with Crippen molar-refractivity contribution >= 4 is 34.0 Å². The smallest absolute Gasteiger partial charge is 0.251 e. The zero-order chi connectivity index (χ0) is 19.2. The van der Waals surface area contributed by atoms with Crippen molar-refractivity contribution in [3.05, 3.63) is 59.2 Å². The first-order valence-electron chi connectivity index (χ1n) is 8.05. The highest BCUT2D eigenvalue weighted by Gasteiger charge is 2.14. The number of nitrogens with one attached hydrogen (secondary N) is 2. The average Bonchev–Trinajstić information content (AvgIpc) is 2.62. The van der Waals surface area contributed by atoms with E-state index in [1.807, 2.05) is 6.92 Å². The summed E-state index contributed by atoms with van der Waals surface area (Å²) in [6.07, 6.45) is 0. The van der Waals surface area contributed by atoms with Crippen LogP contribution in [0.1, 0.15) is 21.5 Å². The first kappa shape index (κ1) is 22.9. The van der Waals surface area contributed by atoms with Gasteiger partial charge in [-0.25, -0.2) is 13.1 Å². The van der Waals surface area contributed by atoms with Crippen LogP contribution < -0.4 is 15.8 Å². The van der Waals surface area contributed by atoms with Gasteiger partial charge in [0, 0.05) is 31.5 Å². The molecule has 2 rings (SSSR count). The average molecular weight is 414 g/mol. The molecule has 0 radical (unpaired) electrons. The lowest BCUT2D eigenvalue weighted by Gasteiger charge is -2.10. The van der Waals surface area contributed by atoms with E-state index in [9.17, 15) is 13.2 Å². The van der Waals surface area contributed by atoms with Gasteiger partial charge >= 0.3 is 0 Å². The number of aryl methyl sites for hydroxylation is 1. The summed E-state index contributed by atoms with van der Waals surface area (Å²) in [7, 11) is -2.12. The van der Waals surface area contributed by atoms with Crippen LogP contribution in [0, 0.1) is 6.92 Å². The summed E-state index contributed by atoms with van der Waals surface area (Å²) in [6, 6.07) is 11.5. The normalized spacial score (nSPS) is 10.9. The standard InChI is InChI=1S/C18H23N3O4S.ClH/c1-13-6-7-15(19)11-17(13)18(22)20-12-14-4-3-5-16(10-14)26(23,24)21-8-9-25-2;/h3-7,10-11,21H,8-9,12,19H2,1-2H3,(H,20,22);1H. The molecular weight excluding hydrogens is 390 g/mol. The van der Waals surface area contributed by atoms with E-state index in [-0.39, 0.29) is 42.9 Å². The van der Waals surface area contributed by atoms with E-state index in [4.69, 9.17) is 10.5 Å². The molecule has 7 nitrogen and oxygen atoms in total. The summed E-state index contributed by atoms with van der Waals surface area (Å²) in [5, 5.41) is 2.78. The highest BCUT2D eigenvalue weighted by molar-refractivity contribution is 7.89. The third-order valence-electron chi connectivity index (χ3n) is 3.77. The lowest BCUT2D eigenvalue weighted by Crippen LogP contribution is -2.27. The van der Waals surface area contributed by atoms with Gasteiger partial charge in [-0.2, -0.15) is 0 Å². The third-order valence-corrected chi connectivity index (χ3v) is 5.23. The van der Waals surface area contributed by atoms with Crippen LogP contribution in [0.15, 0.2) is 47.4 Å². The molecule has 2 aromatic rings. The van der Waals surface area contributed by atoms with Crippen molar-refractivity contribution < 1.29 is 17.9 Å². The van der Waals surface area contributed by atoms with Crippen LogP contribution in [-0.4, -0.2) is 34.6 Å². The second-order valence-electron chi connectivity index (χ2n) is 5.80. The van der Waals surface area contributed by atoms with Crippen molar-refractivity contribution in [2.24, 2.45) is 0 Å². The summed E-state index contributed by atoms with van der Waals surface area (Å²) in [4.78, 5) is 12.5. The van der Waals surface area contributed by atoms with Gasteiger partial charge in [0.05, 0.1) is 11.5 Å². The molecule has 1 amide bonds. The molecule has 0 saturated heterocycles. The molecule has 0 aliphatic carbocycles. The molecule has 0 aromatic heterocycles. The Bertz CT molecular complexity index is 888. The van der Waals surface area contributed by atoms with Crippen LogP contribution in [0.25, 0.3) is 0 Å². The van der Waals surface area contributed by atoms with E-state index in [1.165, 1.54) is 19.2 Å². The molecule has 2 aromatic carbocycles. The largest absolute Gasteiger partial charge is 0.399 e. The van der Waals surface area contributed by atoms with E-state index in [0.717, 1.165) is 5.56 Å². The summed E-state index contributed by atoms with van der Waals surface area (Å²) in [5.41, 5.74) is 8.22. The summed E-state index contributed by atoms with van der Waals surface area (Å²) in [5.74, 6) is -0.263. The lowest BCUT2D eigenvalue weighted by atomic mass is 10.1. The Labute approximate surface area is 165 Å². The van der Waals surface area contributed by atoms with E-state index < -0.39 is 10.0 Å². The predicted molar refractivity (Wildman–Crippen MR) is 108 cm³/mol. The number of ether oxygens (including phenoxy) is 1. The first-order valence-corrected chi connectivity index (χ1v) is 9.53. The van der Waals surface area contributed by atoms with Gasteiger partial charge in [-0.1, -0.05) is 18.2 Å².